The lowest BCUT2D eigenvalue weighted by Gasteiger charge is -2.09. The average Bonchev–Trinajstić information content (AvgIpc) is 2.93. The minimum absolute atomic E-state index is 0.833. The van der Waals surface area contributed by atoms with E-state index in [0.717, 1.165) is 36.0 Å². The Morgan fingerprint density at radius 3 is 2.39 bits per heavy atom. The number of hydrogen-bond acceptors (Lipinski definition) is 5. The van der Waals surface area contributed by atoms with Gasteiger partial charge in [-0.1, -0.05) is 19.1 Å². The number of likely N-dealkylation sites (N-methyl/N-ethyl adjacent to an activating group) is 1. The van der Waals surface area contributed by atoms with Gasteiger partial charge in [-0.2, -0.15) is 0 Å². The van der Waals surface area contributed by atoms with Crippen molar-refractivity contribution >= 4 is 11.8 Å². The molecule has 1 heterocycles. The van der Waals surface area contributed by atoms with E-state index in [1.165, 1.54) is 4.90 Å². The molecule has 0 saturated heterocycles. The van der Waals surface area contributed by atoms with Crippen molar-refractivity contribution in [1.29, 1.82) is 0 Å². The van der Waals surface area contributed by atoms with Crippen LogP contribution in [0.3, 0.4) is 0 Å². The van der Waals surface area contributed by atoms with Gasteiger partial charge in [0.15, 0.2) is 0 Å². The summed E-state index contributed by atoms with van der Waals surface area (Å²) in [6, 6.07) is 8.08. The van der Waals surface area contributed by atoms with Crippen LogP contribution in [0, 0.1) is 6.92 Å². The molecule has 0 aliphatic heterocycles. The molecule has 0 atom stereocenters. The number of thioether (sulfide) groups is 1. The highest BCUT2D eigenvalue weighted by atomic mass is 32.2. The Morgan fingerprint density at radius 2 is 1.83 bits per heavy atom. The third-order valence-corrected chi connectivity index (χ3v) is 4.30. The van der Waals surface area contributed by atoms with Crippen molar-refractivity contribution in [3.8, 4) is 5.75 Å². The molecule has 1 aromatic carbocycles. The lowest BCUT2D eigenvalue weighted by molar-refractivity contribution is 0.368. The summed E-state index contributed by atoms with van der Waals surface area (Å²) in [7, 11) is 5.80. The maximum atomic E-state index is 5.16. The highest BCUT2D eigenvalue weighted by Gasteiger charge is 2.09. The molecular formula is C17H28N4OS. The first-order valence-corrected chi connectivity index (χ1v) is 8.89. The van der Waals surface area contributed by atoms with E-state index in [4.69, 9.17) is 4.74 Å². The average molecular weight is 337 g/mol. The number of methoxy groups -OCH3 is 1. The summed E-state index contributed by atoms with van der Waals surface area (Å²) in [5.41, 5.74) is 2.20. The van der Waals surface area contributed by atoms with E-state index in [9.17, 15) is 0 Å². The summed E-state index contributed by atoms with van der Waals surface area (Å²) >= 11 is 1.76. The maximum Gasteiger partial charge on any atom is 0.118 e. The highest BCUT2D eigenvalue weighted by Crippen LogP contribution is 2.25. The zero-order valence-corrected chi connectivity index (χ0v) is 15.9. The fraction of sp³-hybridized carbons (Fsp3) is 0.529. The molecule has 0 bridgehead atoms. The molecule has 1 aromatic heterocycles. The van der Waals surface area contributed by atoms with Crippen LogP contribution in [0.25, 0.3) is 0 Å². The molecule has 0 aliphatic carbocycles. The number of nitrogens with zero attached hydrogens (tertiary/aromatic N) is 4. The maximum absolute atomic E-state index is 5.16. The van der Waals surface area contributed by atoms with Gasteiger partial charge in [0.25, 0.3) is 0 Å². The molecule has 2 rings (SSSR count). The second-order valence-corrected chi connectivity index (χ2v) is 6.16. The van der Waals surface area contributed by atoms with E-state index in [2.05, 4.69) is 48.4 Å². The molecule has 0 spiro atoms. The van der Waals surface area contributed by atoms with Gasteiger partial charge in [0.1, 0.15) is 5.75 Å². The standard InChI is InChI=1S/C15H22N4OS.C2H6/c1-12-15(16-17-19(12)10-9-18(2)3)11-21-14-7-5-13(20-4)6-8-14;1-2/h5-8H,9-11H2,1-4H3;1-2H3. The number of benzene rings is 1. The summed E-state index contributed by atoms with van der Waals surface area (Å²) in [6.07, 6.45) is 0. The zero-order chi connectivity index (χ0) is 17.2. The van der Waals surface area contributed by atoms with E-state index in [1.54, 1.807) is 18.9 Å². The van der Waals surface area contributed by atoms with Crippen LogP contribution < -0.4 is 4.74 Å². The van der Waals surface area contributed by atoms with E-state index in [0.29, 0.717) is 0 Å². The van der Waals surface area contributed by atoms with E-state index < -0.39 is 0 Å². The van der Waals surface area contributed by atoms with Crippen LogP contribution in [0.2, 0.25) is 0 Å². The Kier molecular flexibility index (Phi) is 8.73. The van der Waals surface area contributed by atoms with E-state index in [-0.39, 0.29) is 0 Å². The van der Waals surface area contributed by atoms with Crippen molar-refractivity contribution < 1.29 is 4.74 Å². The van der Waals surface area contributed by atoms with Crippen LogP contribution in [0.4, 0.5) is 0 Å². The normalized spacial score (nSPS) is 10.4. The Hall–Kier alpha value is -1.53. The van der Waals surface area contributed by atoms with Gasteiger partial charge in [-0.3, -0.25) is 0 Å². The molecule has 0 unspecified atom stereocenters. The lowest BCUT2D eigenvalue weighted by atomic mass is 10.3. The van der Waals surface area contributed by atoms with Gasteiger partial charge >= 0.3 is 0 Å². The molecule has 0 fully saturated rings. The Morgan fingerprint density at radius 1 is 1.17 bits per heavy atom. The zero-order valence-electron chi connectivity index (χ0n) is 15.0. The van der Waals surface area contributed by atoms with Crippen LogP contribution in [-0.2, 0) is 12.3 Å². The van der Waals surface area contributed by atoms with E-state index in [1.807, 2.05) is 30.7 Å². The smallest absolute Gasteiger partial charge is 0.118 e. The fourth-order valence-corrected chi connectivity index (χ4v) is 2.76. The van der Waals surface area contributed by atoms with Gasteiger partial charge in [-0.05, 0) is 45.3 Å². The van der Waals surface area contributed by atoms with Gasteiger partial charge in [0.2, 0.25) is 0 Å². The number of aromatic nitrogens is 3. The summed E-state index contributed by atoms with van der Waals surface area (Å²) in [5.74, 6) is 1.71. The molecule has 5 nitrogen and oxygen atoms in total. The molecule has 0 N–H and O–H groups in total. The van der Waals surface area contributed by atoms with Crippen molar-refractivity contribution in [3.05, 3.63) is 35.7 Å². The van der Waals surface area contributed by atoms with Gasteiger partial charge in [-0.25, -0.2) is 4.68 Å². The molecule has 2 aromatic rings. The molecule has 0 radical (unpaired) electrons. The largest absolute Gasteiger partial charge is 0.497 e. The van der Waals surface area contributed by atoms with Crippen LogP contribution >= 0.6 is 11.8 Å². The van der Waals surface area contributed by atoms with Crippen molar-refractivity contribution in [2.24, 2.45) is 0 Å². The Balaban J connectivity index is 0.00000127. The first kappa shape index (κ1) is 19.5. The van der Waals surface area contributed by atoms with Gasteiger partial charge in [-0.15, -0.1) is 16.9 Å². The quantitative estimate of drug-likeness (QED) is 0.724. The summed E-state index contributed by atoms with van der Waals surface area (Å²) in [6.45, 7) is 7.92. The summed E-state index contributed by atoms with van der Waals surface area (Å²) in [4.78, 5) is 3.35. The van der Waals surface area contributed by atoms with Crippen molar-refractivity contribution in [3.63, 3.8) is 0 Å². The predicted molar refractivity (Wildman–Crippen MR) is 97.2 cm³/mol. The third kappa shape index (κ3) is 6.23. The van der Waals surface area contributed by atoms with Crippen molar-refractivity contribution in [1.82, 2.24) is 19.9 Å². The lowest BCUT2D eigenvalue weighted by Crippen LogP contribution is -2.19. The topological polar surface area (TPSA) is 43.2 Å². The predicted octanol–water partition coefficient (Wildman–Crippen LogP) is 3.48. The monoisotopic (exact) mass is 336 g/mol. The molecule has 0 amide bonds. The number of hydrogen-bond donors (Lipinski definition) is 0. The van der Waals surface area contributed by atoms with Crippen molar-refractivity contribution in [2.75, 3.05) is 27.7 Å². The van der Waals surface area contributed by atoms with Crippen molar-refractivity contribution in [2.45, 2.75) is 38.0 Å². The van der Waals surface area contributed by atoms with Crippen LogP contribution in [0.1, 0.15) is 25.2 Å². The van der Waals surface area contributed by atoms with Gasteiger partial charge < -0.3 is 9.64 Å². The molecule has 6 heteroatoms. The first-order chi connectivity index (χ1) is 11.1. The second kappa shape index (κ2) is 10.3. The minimum atomic E-state index is 0.833. The molecule has 128 valence electrons. The number of rotatable bonds is 7. The molecule has 23 heavy (non-hydrogen) atoms. The SMILES string of the molecule is CC.COc1ccc(SCc2nnn(CCN(C)C)c2C)cc1. The van der Waals surface area contributed by atoms with E-state index >= 15 is 0 Å². The van der Waals surface area contributed by atoms with Gasteiger partial charge in [0.05, 0.1) is 25.0 Å². The number of ether oxygens (including phenoxy) is 1. The second-order valence-electron chi connectivity index (χ2n) is 5.11. The van der Waals surface area contributed by atoms with Crippen LogP contribution in [0.15, 0.2) is 29.2 Å². The molecule has 0 saturated carbocycles. The minimum Gasteiger partial charge on any atom is -0.497 e. The fourth-order valence-electron chi connectivity index (χ4n) is 1.86. The Labute approximate surface area is 144 Å². The summed E-state index contributed by atoms with van der Waals surface area (Å²) < 4.78 is 7.14. The molecule has 0 aliphatic rings. The third-order valence-electron chi connectivity index (χ3n) is 3.27. The van der Waals surface area contributed by atoms with Gasteiger partial charge in [0, 0.05) is 17.2 Å². The first-order valence-electron chi connectivity index (χ1n) is 7.90. The molecular weight excluding hydrogens is 308 g/mol. The highest BCUT2D eigenvalue weighted by molar-refractivity contribution is 7.98. The van der Waals surface area contributed by atoms with Crippen LogP contribution in [-0.4, -0.2) is 47.6 Å². The van der Waals surface area contributed by atoms with Crippen LogP contribution in [0.5, 0.6) is 5.75 Å². The Bertz CT molecular complexity index is 566. The summed E-state index contributed by atoms with van der Waals surface area (Å²) in [5, 5.41) is 8.53.